The Hall–Kier alpha value is -2.05. The van der Waals surface area contributed by atoms with Crippen LogP contribution in [0.15, 0.2) is 42.5 Å². The average Bonchev–Trinajstić information content (AvgIpc) is 2.60. The van der Waals surface area contributed by atoms with Gasteiger partial charge in [0.1, 0.15) is 5.75 Å². The molecule has 28 heavy (non-hydrogen) atoms. The van der Waals surface area contributed by atoms with E-state index in [0.29, 0.717) is 21.8 Å². The summed E-state index contributed by atoms with van der Waals surface area (Å²) in [6.45, 7) is -1.78. The van der Waals surface area contributed by atoms with Crippen LogP contribution in [0.2, 0.25) is 0 Å². The van der Waals surface area contributed by atoms with Crippen molar-refractivity contribution in [1.29, 1.82) is 0 Å². The van der Waals surface area contributed by atoms with Gasteiger partial charge in [0.05, 0.1) is 16.8 Å². The number of ether oxygens (including phenoxy) is 1. The first-order valence-corrected chi connectivity index (χ1v) is 8.55. The van der Waals surface area contributed by atoms with Gasteiger partial charge in [0, 0.05) is 3.57 Å². The van der Waals surface area contributed by atoms with Gasteiger partial charge in [-0.3, -0.25) is 4.79 Å². The van der Waals surface area contributed by atoms with Crippen LogP contribution in [-0.2, 0) is 6.18 Å². The van der Waals surface area contributed by atoms with E-state index in [1.165, 1.54) is 12.1 Å². The summed E-state index contributed by atoms with van der Waals surface area (Å²) in [5, 5.41) is 2.14. The Labute approximate surface area is 168 Å². The Bertz CT molecular complexity index is 856. The Balaban J connectivity index is 2.35. The molecule has 0 bridgehead atoms. The van der Waals surface area contributed by atoms with E-state index in [-0.39, 0.29) is 5.56 Å². The van der Waals surface area contributed by atoms with E-state index < -0.39 is 48.0 Å². The normalized spacial score (nSPS) is 12.2. The van der Waals surface area contributed by atoms with Crippen LogP contribution in [0, 0.1) is 3.57 Å². The standard InChI is InChI=1S/C17H11F7INO2/c18-15(19)16(20,21)8-28-13-6-5-9(17(22,23)24)7-12(13)26-14(27)10-3-1-2-4-11(10)25/h1-7,15H,8H2,(H,26,27). The lowest BCUT2D eigenvalue weighted by atomic mass is 10.1. The van der Waals surface area contributed by atoms with Gasteiger partial charge in [0.2, 0.25) is 0 Å². The van der Waals surface area contributed by atoms with E-state index in [0.717, 1.165) is 0 Å². The van der Waals surface area contributed by atoms with Crippen molar-refractivity contribution in [2.24, 2.45) is 0 Å². The number of hydrogen-bond donors (Lipinski definition) is 1. The van der Waals surface area contributed by atoms with Gasteiger partial charge in [0.15, 0.2) is 6.61 Å². The number of carbonyl (C=O) groups excluding carboxylic acids is 1. The minimum Gasteiger partial charge on any atom is -0.485 e. The number of benzene rings is 2. The van der Waals surface area contributed by atoms with Gasteiger partial charge in [-0.15, -0.1) is 0 Å². The van der Waals surface area contributed by atoms with Crippen LogP contribution in [0.1, 0.15) is 15.9 Å². The molecule has 3 nitrogen and oxygen atoms in total. The first-order valence-electron chi connectivity index (χ1n) is 7.47. The van der Waals surface area contributed by atoms with Crippen LogP contribution >= 0.6 is 22.6 Å². The first kappa shape index (κ1) is 22.2. The summed E-state index contributed by atoms with van der Waals surface area (Å²) < 4.78 is 94.5. The Morgan fingerprint density at radius 1 is 1.07 bits per heavy atom. The zero-order chi connectivity index (χ0) is 21.1. The highest BCUT2D eigenvalue weighted by Gasteiger charge is 2.42. The van der Waals surface area contributed by atoms with E-state index in [4.69, 9.17) is 0 Å². The maximum Gasteiger partial charge on any atom is 0.416 e. The number of carbonyl (C=O) groups is 1. The van der Waals surface area contributed by atoms with Crippen LogP contribution in [0.4, 0.5) is 36.4 Å². The number of amides is 1. The summed E-state index contributed by atoms with van der Waals surface area (Å²) in [6.07, 6.45) is -8.81. The number of halogens is 8. The van der Waals surface area contributed by atoms with Gasteiger partial charge < -0.3 is 10.1 Å². The van der Waals surface area contributed by atoms with Gasteiger partial charge in [0.25, 0.3) is 5.91 Å². The fraction of sp³-hybridized carbons (Fsp3) is 0.235. The van der Waals surface area contributed by atoms with Crippen LogP contribution in [0.25, 0.3) is 0 Å². The fourth-order valence-electron chi connectivity index (χ4n) is 2.00. The molecule has 0 aromatic heterocycles. The minimum absolute atomic E-state index is 0.115. The third-order valence-electron chi connectivity index (χ3n) is 3.41. The van der Waals surface area contributed by atoms with Crippen molar-refractivity contribution in [3.05, 3.63) is 57.2 Å². The molecule has 0 aliphatic heterocycles. The van der Waals surface area contributed by atoms with E-state index >= 15 is 0 Å². The van der Waals surface area contributed by atoms with E-state index in [1.807, 2.05) is 22.6 Å². The van der Waals surface area contributed by atoms with Gasteiger partial charge in [-0.1, -0.05) is 12.1 Å². The number of hydrogen-bond acceptors (Lipinski definition) is 2. The summed E-state index contributed by atoms with van der Waals surface area (Å²) in [5.74, 6) is -5.94. The molecule has 2 aromatic rings. The molecule has 2 rings (SSSR count). The molecule has 0 saturated heterocycles. The minimum atomic E-state index is -4.79. The molecule has 0 atom stereocenters. The number of anilines is 1. The van der Waals surface area contributed by atoms with Crippen LogP contribution in [0.5, 0.6) is 5.75 Å². The predicted molar refractivity (Wildman–Crippen MR) is 95.0 cm³/mol. The van der Waals surface area contributed by atoms with E-state index in [1.54, 1.807) is 12.1 Å². The fourth-order valence-corrected chi connectivity index (χ4v) is 2.63. The van der Waals surface area contributed by atoms with Crippen LogP contribution < -0.4 is 10.1 Å². The molecule has 0 spiro atoms. The molecule has 0 heterocycles. The van der Waals surface area contributed by atoms with Crippen molar-refractivity contribution in [3.8, 4) is 5.75 Å². The highest BCUT2D eigenvalue weighted by Crippen LogP contribution is 2.36. The Morgan fingerprint density at radius 3 is 2.29 bits per heavy atom. The maximum absolute atomic E-state index is 13.1. The highest BCUT2D eigenvalue weighted by molar-refractivity contribution is 14.1. The molecule has 11 heteroatoms. The molecular formula is C17H11F7INO2. The number of alkyl halides is 7. The molecular weight excluding hydrogens is 510 g/mol. The van der Waals surface area contributed by atoms with Crippen molar-refractivity contribution in [3.63, 3.8) is 0 Å². The molecule has 0 radical (unpaired) electrons. The highest BCUT2D eigenvalue weighted by atomic mass is 127. The molecule has 0 fully saturated rings. The monoisotopic (exact) mass is 521 g/mol. The zero-order valence-corrected chi connectivity index (χ0v) is 15.8. The topological polar surface area (TPSA) is 38.3 Å². The summed E-state index contributed by atoms with van der Waals surface area (Å²) in [4.78, 5) is 12.3. The van der Waals surface area contributed by atoms with Gasteiger partial charge in [-0.25, -0.2) is 8.78 Å². The molecule has 0 saturated carbocycles. The second kappa shape index (κ2) is 8.53. The third kappa shape index (κ3) is 5.49. The first-order chi connectivity index (χ1) is 12.9. The quantitative estimate of drug-likeness (QED) is 0.384. The van der Waals surface area contributed by atoms with E-state index in [2.05, 4.69) is 10.1 Å². The van der Waals surface area contributed by atoms with Crippen molar-refractivity contribution in [2.75, 3.05) is 11.9 Å². The smallest absolute Gasteiger partial charge is 0.416 e. The van der Waals surface area contributed by atoms with Gasteiger partial charge in [-0.2, -0.15) is 22.0 Å². The lowest BCUT2D eigenvalue weighted by Gasteiger charge is -2.19. The molecule has 152 valence electrons. The summed E-state index contributed by atoms with van der Waals surface area (Å²) in [6, 6.07) is 7.79. The second-order valence-corrected chi connectivity index (χ2v) is 6.66. The Kier molecular flexibility index (Phi) is 6.78. The summed E-state index contributed by atoms with van der Waals surface area (Å²) >= 11 is 1.83. The van der Waals surface area contributed by atoms with Crippen LogP contribution in [-0.4, -0.2) is 24.9 Å². The summed E-state index contributed by atoms with van der Waals surface area (Å²) in [7, 11) is 0. The van der Waals surface area contributed by atoms with Crippen molar-refractivity contribution in [1.82, 2.24) is 0 Å². The van der Waals surface area contributed by atoms with Crippen molar-refractivity contribution < 1.29 is 40.3 Å². The number of rotatable bonds is 6. The van der Waals surface area contributed by atoms with Crippen molar-refractivity contribution >= 4 is 34.2 Å². The zero-order valence-electron chi connectivity index (χ0n) is 13.7. The third-order valence-corrected chi connectivity index (χ3v) is 4.35. The SMILES string of the molecule is O=C(Nc1cc(C(F)(F)F)ccc1OCC(F)(F)C(F)F)c1ccccc1I. The summed E-state index contributed by atoms with van der Waals surface area (Å²) in [5.41, 5.74) is -1.65. The molecule has 1 amide bonds. The largest absolute Gasteiger partial charge is 0.485 e. The molecule has 1 N–H and O–H groups in total. The maximum atomic E-state index is 13.1. The average molecular weight is 521 g/mol. The number of nitrogens with one attached hydrogen (secondary N) is 1. The van der Waals surface area contributed by atoms with E-state index in [9.17, 15) is 35.5 Å². The molecule has 0 aliphatic carbocycles. The second-order valence-electron chi connectivity index (χ2n) is 5.49. The molecule has 0 unspecified atom stereocenters. The van der Waals surface area contributed by atoms with Gasteiger partial charge in [-0.05, 0) is 52.9 Å². The molecule has 0 aliphatic rings. The predicted octanol–water partition coefficient (Wildman–Crippen LogP) is 5.84. The lowest BCUT2D eigenvalue weighted by molar-refractivity contribution is -0.148. The van der Waals surface area contributed by atoms with Crippen LogP contribution in [0.3, 0.4) is 0 Å². The lowest BCUT2D eigenvalue weighted by Crippen LogP contribution is -2.34. The molecule has 2 aromatic carbocycles. The van der Waals surface area contributed by atoms with Crippen molar-refractivity contribution in [2.45, 2.75) is 18.5 Å². The van der Waals surface area contributed by atoms with Gasteiger partial charge >= 0.3 is 18.5 Å². The Morgan fingerprint density at radius 2 is 1.71 bits per heavy atom.